The third kappa shape index (κ3) is 3.07. The molecule has 0 saturated heterocycles. The van der Waals surface area contributed by atoms with Crippen molar-refractivity contribution in [1.82, 2.24) is 15.1 Å². The molecule has 1 N–H and O–H groups in total. The highest BCUT2D eigenvalue weighted by Crippen LogP contribution is 2.33. The zero-order valence-corrected chi connectivity index (χ0v) is 15.2. The molecule has 0 bridgehead atoms. The molecule has 1 aromatic carbocycles. The molecule has 1 amide bonds. The highest BCUT2D eigenvalue weighted by atomic mass is 32.1. The van der Waals surface area contributed by atoms with E-state index in [2.05, 4.69) is 21.9 Å². The lowest BCUT2D eigenvalue weighted by molar-refractivity contribution is -0.122. The summed E-state index contributed by atoms with van der Waals surface area (Å²) in [5.74, 6) is -0.0256. The predicted octanol–water partition coefficient (Wildman–Crippen LogP) is 3.00. The summed E-state index contributed by atoms with van der Waals surface area (Å²) in [7, 11) is 1.90. The number of rotatable bonds is 4. The normalized spacial score (nSPS) is 18.1. The molecule has 130 valence electrons. The summed E-state index contributed by atoms with van der Waals surface area (Å²) >= 11 is 1.77. The number of carbonyl (C=O) groups excluding carboxylic acids is 1. The smallest absolute Gasteiger partial charge is 0.226 e. The van der Waals surface area contributed by atoms with Crippen LogP contribution in [0.25, 0.3) is 10.9 Å². The lowest BCUT2D eigenvalue weighted by Gasteiger charge is -2.29. The number of para-hydroxylation sites is 1. The van der Waals surface area contributed by atoms with Crippen molar-refractivity contribution in [2.75, 3.05) is 6.61 Å². The van der Waals surface area contributed by atoms with Crippen molar-refractivity contribution in [3.63, 3.8) is 0 Å². The molecule has 3 heterocycles. The minimum Gasteiger partial charge on any atom is -0.371 e. The van der Waals surface area contributed by atoms with Gasteiger partial charge in [0.1, 0.15) is 6.10 Å². The Morgan fingerprint density at radius 2 is 2.28 bits per heavy atom. The first kappa shape index (κ1) is 16.3. The largest absolute Gasteiger partial charge is 0.371 e. The predicted molar refractivity (Wildman–Crippen MR) is 98.7 cm³/mol. The number of ether oxygens (including phenoxy) is 1. The summed E-state index contributed by atoms with van der Waals surface area (Å²) in [5, 5.41) is 10.7. The minimum atomic E-state index is -0.0730. The van der Waals surface area contributed by atoms with Crippen LogP contribution in [-0.4, -0.2) is 28.3 Å². The van der Waals surface area contributed by atoms with Gasteiger partial charge in [0, 0.05) is 23.7 Å². The molecule has 0 spiro atoms. The summed E-state index contributed by atoms with van der Waals surface area (Å²) in [5.41, 5.74) is 3.06. The fraction of sp³-hybridized carbons (Fsp3) is 0.368. The standard InChI is InChI=1S/C19H21N3O2S/c1-12(19-14-8-10-25-17(14)7-9-24-19)20-18(23)11-15-13-5-3-4-6-16(13)22(2)21-15/h3-6,8,10,12,19H,7,9,11H2,1-2H3,(H,20,23). The van der Waals surface area contributed by atoms with Gasteiger partial charge < -0.3 is 10.1 Å². The number of amides is 1. The average molecular weight is 355 g/mol. The number of hydrogen-bond acceptors (Lipinski definition) is 4. The second-order valence-corrected chi connectivity index (χ2v) is 7.46. The summed E-state index contributed by atoms with van der Waals surface area (Å²) in [6.45, 7) is 2.72. The van der Waals surface area contributed by atoms with Crippen LogP contribution in [0.3, 0.4) is 0 Å². The Bertz CT molecular complexity index is 914. The van der Waals surface area contributed by atoms with Crippen LogP contribution in [-0.2, 0) is 29.4 Å². The van der Waals surface area contributed by atoms with Crippen molar-refractivity contribution >= 4 is 28.1 Å². The number of aryl methyl sites for hydroxylation is 1. The average Bonchev–Trinajstić information content (AvgIpc) is 3.20. The van der Waals surface area contributed by atoms with Crippen LogP contribution in [0.1, 0.15) is 29.2 Å². The topological polar surface area (TPSA) is 56.2 Å². The molecule has 1 aliphatic rings. The van der Waals surface area contributed by atoms with E-state index < -0.39 is 0 Å². The van der Waals surface area contributed by atoms with Gasteiger partial charge in [0.25, 0.3) is 0 Å². The zero-order chi connectivity index (χ0) is 17.4. The van der Waals surface area contributed by atoms with Crippen LogP contribution in [0.5, 0.6) is 0 Å². The van der Waals surface area contributed by atoms with Crippen LogP contribution >= 0.6 is 11.3 Å². The fourth-order valence-electron chi connectivity index (χ4n) is 3.54. The fourth-order valence-corrected chi connectivity index (χ4v) is 4.44. The third-order valence-electron chi connectivity index (χ3n) is 4.72. The molecule has 6 heteroatoms. The van der Waals surface area contributed by atoms with Gasteiger partial charge in [0.15, 0.2) is 0 Å². The molecule has 0 aliphatic carbocycles. The number of aromatic nitrogens is 2. The summed E-state index contributed by atoms with van der Waals surface area (Å²) in [4.78, 5) is 13.9. The van der Waals surface area contributed by atoms with Crippen molar-refractivity contribution in [1.29, 1.82) is 0 Å². The second-order valence-electron chi connectivity index (χ2n) is 6.46. The maximum atomic E-state index is 12.6. The number of thiophene rings is 1. The zero-order valence-electron chi connectivity index (χ0n) is 14.4. The van der Waals surface area contributed by atoms with Gasteiger partial charge >= 0.3 is 0 Å². The molecule has 2 atom stereocenters. The Kier molecular flexibility index (Phi) is 4.31. The van der Waals surface area contributed by atoms with Gasteiger partial charge in [-0.25, -0.2) is 0 Å². The van der Waals surface area contributed by atoms with Crippen molar-refractivity contribution in [3.05, 3.63) is 51.8 Å². The maximum absolute atomic E-state index is 12.6. The Balaban J connectivity index is 1.47. The maximum Gasteiger partial charge on any atom is 0.226 e. The second kappa shape index (κ2) is 6.61. The lowest BCUT2D eigenvalue weighted by atomic mass is 10.0. The van der Waals surface area contributed by atoms with Crippen LogP contribution in [0.4, 0.5) is 0 Å². The van der Waals surface area contributed by atoms with Gasteiger partial charge in [-0.05, 0) is 30.0 Å². The van der Waals surface area contributed by atoms with E-state index in [1.807, 2.05) is 42.9 Å². The van der Waals surface area contributed by atoms with E-state index in [4.69, 9.17) is 4.74 Å². The van der Waals surface area contributed by atoms with Gasteiger partial charge in [-0.2, -0.15) is 5.10 Å². The van der Waals surface area contributed by atoms with Gasteiger partial charge in [-0.1, -0.05) is 18.2 Å². The molecule has 4 rings (SSSR count). The Morgan fingerprint density at radius 3 is 3.16 bits per heavy atom. The van der Waals surface area contributed by atoms with E-state index in [9.17, 15) is 4.79 Å². The Hall–Kier alpha value is -2.18. The van der Waals surface area contributed by atoms with E-state index in [1.165, 1.54) is 10.4 Å². The molecule has 25 heavy (non-hydrogen) atoms. The number of nitrogens with zero attached hydrogens (tertiary/aromatic N) is 2. The first-order chi connectivity index (χ1) is 12.1. The molecule has 0 saturated carbocycles. The number of nitrogens with one attached hydrogen (secondary N) is 1. The Labute approximate surface area is 150 Å². The SMILES string of the molecule is CC(NC(=O)Cc1nn(C)c2ccccc12)C1OCCc2sccc21. The number of carbonyl (C=O) groups is 1. The number of fused-ring (bicyclic) bond motifs is 2. The third-order valence-corrected chi connectivity index (χ3v) is 5.71. The molecule has 0 radical (unpaired) electrons. The van der Waals surface area contributed by atoms with E-state index in [-0.39, 0.29) is 24.5 Å². The number of hydrogen-bond donors (Lipinski definition) is 1. The van der Waals surface area contributed by atoms with E-state index in [0.717, 1.165) is 23.0 Å². The van der Waals surface area contributed by atoms with Crippen LogP contribution in [0.15, 0.2) is 35.7 Å². The molecular weight excluding hydrogens is 334 g/mol. The monoisotopic (exact) mass is 355 g/mol. The van der Waals surface area contributed by atoms with Crippen molar-refractivity contribution < 1.29 is 9.53 Å². The first-order valence-electron chi connectivity index (χ1n) is 8.51. The van der Waals surface area contributed by atoms with Crippen molar-refractivity contribution in [2.24, 2.45) is 7.05 Å². The number of benzene rings is 1. The van der Waals surface area contributed by atoms with Gasteiger partial charge in [0.05, 0.1) is 30.3 Å². The molecule has 2 unspecified atom stereocenters. The van der Waals surface area contributed by atoms with Crippen LogP contribution < -0.4 is 5.32 Å². The van der Waals surface area contributed by atoms with E-state index >= 15 is 0 Å². The summed E-state index contributed by atoms with van der Waals surface area (Å²) in [6.07, 6.45) is 1.17. The van der Waals surface area contributed by atoms with Crippen LogP contribution in [0.2, 0.25) is 0 Å². The van der Waals surface area contributed by atoms with Gasteiger partial charge in [-0.15, -0.1) is 11.3 Å². The summed E-state index contributed by atoms with van der Waals surface area (Å²) < 4.78 is 7.74. The molecule has 0 fully saturated rings. The Morgan fingerprint density at radius 1 is 1.44 bits per heavy atom. The first-order valence-corrected chi connectivity index (χ1v) is 9.39. The molecule has 2 aromatic heterocycles. The molecule has 3 aromatic rings. The van der Waals surface area contributed by atoms with Crippen LogP contribution in [0, 0.1) is 0 Å². The van der Waals surface area contributed by atoms with E-state index in [1.54, 1.807) is 11.3 Å². The highest BCUT2D eigenvalue weighted by Gasteiger charge is 2.28. The quantitative estimate of drug-likeness (QED) is 0.783. The molecule has 1 aliphatic heterocycles. The van der Waals surface area contributed by atoms with Crippen molar-refractivity contribution in [3.8, 4) is 0 Å². The highest BCUT2D eigenvalue weighted by molar-refractivity contribution is 7.10. The summed E-state index contributed by atoms with van der Waals surface area (Å²) in [6, 6.07) is 10.0. The lowest BCUT2D eigenvalue weighted by Crippen LogP contribution is -2.40. The molecular formula is C19H21N3O2S. The van der Waals surface area contributed by atoms with Gasteiger partial charge in [-0.3, -0.25) is 9.48 Å². The molecule has 5 nitrogen and oxygen atoms in total. The van der Waals surface area contributed by atoms with E-state index in [0.29, 0.717) is 6.61 Å². The van der Waals surface area contributed by atoms with Gasteiger partial charge in [0.2, 0.25) is 5.91 Å². The minimum absolute atomic E-state index is 0.0256. The van der Waals surface area contributed by atoms with Crippen molar-refractivity contribution in [2.45, 2.75) is 31.9 Å².